The minimum Gasteiger partial charge on any atom is -0.486 e. The van der Waals surface area contributed by atoms with Crippen molar-refractivity contribution in [3.05, 3.63) is 70.8 Å². The molecular formula is C21H19BrN2O2. The fraction of sp³-hybridized carbons (Fsp3) is 0.238. The second-order valence-electron chi connectivity index (χ2n) is 6.50. The Bertz CT molecular complexity index is 921. The highest BCUT2D eigenvalue weighted by atomic mass is 79.9. The van der Waals surface area contributed by atoms with Gasteiger partial charge in [-0.2, -0.15) is 0 Å². The number of hydrogen-bond acceptors (Lipinski definition) is 3. The Morgan fingerprint density at radius 2 is 1.96 bits per heavy atom. The Labute approximate surface area is 160 Å². The second-order valence-corrected chi connectivity index (χ2v) is 7.42. The molecule has 0 bridgehead atoms. The molecule has 3 aromatic rings. The van der Waals surface area contributed by atoms with Crippen LogP contribution in [-0.4, -0.2) is 35.0 Å². The lowest BCUT2D eigenvalue weighted by atomic mass is 10.1. The summed E-state index contributed by atoms with van der Waals surface area (Å²) >= 11 is 3.42. The van der Waals surface area contributed by atoms with Crippen LogP contribution in [0.25, 0.3) is 10.9 Å². The predicted octanol–water partition coefficient (Wildman–Crippen LogP) is 4.22. The minimum atomic E-state index is 0.0106. The number of para-hydroxylation sites is 1. The van der Waals surface area contributed by atoms with Crippen molar-refractivity contribution in [3.63, 3.8) is 0 Å². The molecule has 4 nitrogen and oxygen atoms in total. The molecule has 0 unspecified atom stereocenters. The Balaban J connectivity index is 1.40. The van der Waals surface area contributed by atoms with Crippen molar-refractivity contribution >= 4 is 32.7 Å². The fourth-order valence-electron chi connectivity index (χ4n) is 3.29. The highest BCUT2D eigenvalue weighted by molar-refractivity contribution is 9.10. The molecule has 0 aliphatic carbocycles. The van der Waals surface area contributed by atoms with Crippen LogP contribution in [0.3, 0.4) is 0 Å². The van der Waals surface area contributed by atoms with Crippen molar-refractivity contribution in [2.45, 2.75) is 18.9 Å². The standard InChI is InChI=1S/C21H19BrN2O2/c22-17-8-6-15(7-9-17)13-20(25)24-12-10-18(14-24)26-19-5-1-3-16-4-2-11-23-21(16)19/h1-9,11,18H,10,12-14H2/t18-/m0/s1. The molecule has 5 heteroatoms. The number of pyridine rings is 1. The highest BCUT2D eigenvalue weighted by Crippen LogP contribution is 2.26. The molecule has 4 rings (SSSR count). The smallest absolute Gasteiger partial charge is 0.227 e. The van der Waals surface area contributed by atoms with Crippen LogP contribution in [0.1, 0.15) is 12.0 Å². The molecule has 2 aromatic carbocycles. The molecule has 0 saturated carbocycles. The lowest BCUT2D eigenvalue weighted by Crippen LogP contribution is -2.32. The van der Waals surface area contributed by atoms with E-state index in [9.17, 15) is 4.79 Å². The second kappa shape index (κ2) is 7.46. The highest BCUT2D eigenvalue weighted by Gasteiger charge is 2.28. The number of amides is 1. The molecule has 1 saturated heterocycles. The first kappa shape index (κ1) is 17.0. The zero-order chi connectivity index (χ0) is 17.9. The molecule has 1 aliphatic rings. The Morgan fingerprint density at radius 1 is 1.15 bits per heavy atom. The number of likely N-dealkylation sites (tertiary alicyclic amines) is 1. The molecular weight excluding hydrogens is 392 g/mol. The first-order valence-electron chi connectivity index (χ1n) is 8.72. The van der Waals surface area contributed by atoms with Crippen molar-refractivity contribution in [1.29, 1.82) is 0 Å². The van der Waals surface area contributed by atoms with E-state index in [-0.39, 0.29) is 12.0 Å². The normalized spacial score (nSPS) is 16.8. The lowest BCUT2D eigenvalue weighted by Gasteiger charge is -2.18. The van der Waals surface area contributed by atoms with Gasteiger partial charge in [-0.25, -0.2) is 0 Å². The summed E-state index contributed by atoms with van der Waals surface area (Å²) in [7, 11) is 0. The van der Waals surface area contributed by atoms with Crippen LogP contribution < -0.4 is 4.74 Å². The van der Waals surface area contributed by atoms with Gasteiger partial charge < -0.3 is 9.64 Å². The predicted molar refractivity (Wildman–Crippen MR) is 105 cm³/mol. The summed E-state index contributed by atoms with van der Waals surface area (Å²) in [5.41, 5.74) is 1.90. The van der Waals surface area contributed by atoms with Gasteiger partial charge in [-0.1, -0.05) is 46.3 Å². The van der Waals surface area contributed by atoms with Crippen LogP contribution in [-0.2, 0) is 11.2 Å². The minimum absolute atomic E-state index is 0.0106. The van der Waals surface area contributed by atoms with Crippen molar-refractivity contribution < 1.29 is 9.53 Å². The van der Waals surface area contributed by atoms with Gasteiger partial charge >= 0.3 is 0 Å². The summed E-state index contributed by atoms with van der Waals surface area (Å²) in [6.07, 6.45) is 3.06. The molecule has 1 amide bonds. The third-order valence-corrected chi connectivity index (χ3v) is 5.18. The number of benzene rings is 2. The van der Waals surface area contributed by atoms with E-state index >= 15 is 0 Å². The Morgan fingerprint density at radius 3 is 2.81 bits per heavy atom. The first-order valence-corrected chi connectivity index (χ1v) is 9.51. The molecule has 2 heterocycles. The zero-order valence-electron chi connectivity index (χ0n) is 14.3. The molecule has 1 aromatic heterocycles. The number of nitrogens with zero attached hydrogens (tertiary/aromatic N) is 2. The van der Waals surface area contributed by atoms with Gasteiger partial charge in [0.25, 0.3) is 0 Å². The SMILES string of the molecule is O=C(Cc1ccc(Br)cc1)N1CC[C@H](Oc2cccc3cccnc23)C1. The summed E-state index contributed by atoms with van der Waals surface area (Å²) in [5.74, 6) is 0.935. The van der Waals surface area contributed by atoms with E-state index in [1.807, 2.05) is 59.5 Å². The largest absolute Gasteiger partial charge is 0.486 e. The average Bonchev–Trinajstić information content (AvgIpc) is 3.13. The fourth-order valence-corrected chi connectivity index (χ4v) is 3.55. The van der Waals surface area contributed by atoms with Crippen LogP contribution in [0.4, 0.5) is 0 Å². The maximum atomic E-state index is 12.6. The third kappa shape index (κ3) is 3.73. The number of carbonyl (C=O) groups excluding carboxylic acids is 1. The van der Waals surface area contributed by atoms with E-state index in [1.54, 1.807) is 6.20 Å². The van der Waals surface area contributed by atoms with E-state index in [0.717, 1.165) is 39.7 Å². The van der Waals surface area contributed by atoms with Crippen LogP contribution in [0.5, 0.6) is 5.75 Å². The van der Waals surface area contributed by atoms with Gasteiger partial charge in [-0.05, 0) is 29.8 Å². The van der Waals surface area contributed by atoms with E-state index in [1.165, 1.54) is 0 Å². The van der Waals surface area contributed by atoms with Gasteiger partial charge in [-0.3, -0.25) is 9.78 Å². The first-order chi connectivity index (χ1) is 12.7. The number of rotatable bonds is 4. The van der Waals surface area contributed by atoms with Crippen molar-refractivity contribution in [2.75, 3.05) is 13.1 Å². The van der Waals surface area contributed by atoms with Gasteiger partial charge in [0.1, 0.15) is 17.4 Å². The Kier molecular flexibility index (Phi) is 4.89. The quantitative estimate of drug-likeness (QED) is 0.646. The van der Waals surface area contributed by atoms with Crippen LogP contribution in [0, 0.1) is 0 Å². The topological polar surface area (TPSA) is 42.4 Å². The lowest BCUT2D eigenvalue weighted by molar-refractivity contribution is -0.129. The number of ether oxygens (including phenoxy) is 1. The molecule has 1 fully saturated rings. The van der Waals surface area contributed by atoms with E-state index in [2.05, 4.69) is 20.9 Å². The van der Waals surface area contributed by atoms with Crippen LogP contribution in [0.15, 0.2) is 65.3 Å². The van der Waals surface area contributed by atoms with Crippen molar-refractivity contribution in [1.82, 2.24) is 9.88 Å². The number of fused-ring (bicyclic) bond motifs is 1. The Hall–Kier alpha value is -2.40. The maximum absolute atomic E-state index is 12.6. The average molecular weight is 411 g/mol. The monoisotopic (exact) mass is 410 g/mol. The molecule has 0 N–H and O–H groups in total. The molecule has 26 heavy (non-hydrogen) atoms. The van der Waals surface area contributed by atoms with Crippen molar-refractivity contribution in [3.8, 4) is 5.75 Å². The summed E-state index contributed by atoms with van der Waals surface area (Å²) in [4.78, 5) is 18.9. The maximum Gasteiger partial charge on any atom is 0.227 e. The molecule has 1 atom stereocenters. The van der Waals surface area contributed by atoms with E-state index in [0.29, 0.717) is 13.0 Å². The third-order valence-electron chi connectivity index (χ3n) is 4.66. The number of aromatic nitrogens is 1. The van der Waals surface area contributed by atoms with E-state index in [4.69, 9.17) is 4.74 Å². The van der Waals surface area contributed by atoms with Gasteiger partial charge in [-0.15, -0.1) is 0 Å². The van der Waals surface area contributed by atoms with Gasteiger partial charge in [0.15, 0.2) is 0 Å². The van der Waals surface area contributed by atoms with Crippen LogP contribution in [0.2, 0.25) is 0 Å². The number of carbonyl (C=O) groups is 1. The summed E-state index contributed by atoms with van der Waals surface area (Å²) < 4.78 is 7.19. The van der Waals surface area contributed by atoms with Gasteiger partial charge in [0, 0.05) is 29.0 Å². The van der Waals surface area contributed by atoms with Crippen molar-refractivity contribution in [2.24, 2.45) is 0 Å². The van der Waals surface area contributed by atoms with E-state index < -0.39 is 0 Å². The molecule has 132 valence electrons. The number of hydrogen-bond donors (Lipinski definition) is 0. The zero-order valence-corrected chi connectivity index (χ0v) is 15.9. The van der Waals surface area contributed by atoms with Crippen LogP contribution >= 0.6 is 15.9 Å². The summed E-state index contributed by atoms with van der Waals surface area (Å²) in [6, 6.07) is 17.8. The molecule has 1 aliphatic heterocycles. The van der Waals surface area contributed by atoms with Gasteiger partial charge in [0.2, 0.25) is 5.91 Å². The molecule has 0 radical (unpaired) electrons. The number of halogens is 1. The summed E-state index contributed by atoms with van der Waals surface area (Å²) in [6.45, 7) is 1.36. The summed E-state index contributed by atoms with van der Waals surface area (Å²) in [5, 5.41) is 1.06. The molecule has 0 spiro atoms. The van der Waals surface area contributed by atoms with Gasteiger partial charge in [0.05, 0.1) is 13.0 Å².